The summed E-state index contributed by atoms with van der Waals surface area (Å²) in [6.07, 6.45) is 1.14. The third-order valence-electron chi connectivity index (χ3n) is 3.90. The van der Waals surface area contributed by atoms with E-state index >= 15 is 0 Å². The highest BCUT2D eigenvalue weighted by atomic mass is 35.5. The number of allylic oxidation sites excluding steroid dienone is 1. The summed E-state index contributed by atoms with van der Waals surface area (Å²) in [6, 6.07) is 7.66. The second-order valence-corrected chi connectivity index (χ2v) is 6.79. The van der Waals surface area contributed by atoms with E-state index < -0.39 is 0 Å². The Hall–Kier alpha value is -1.70. The molecule has 2 heterocycles. The van der Waals surface area contributed by atoms with Crippen LogP contribution < -0.4 is 0 Å². The van der Waals surface area contributed by atoms with Gasteiger partial charge >= 0.3 is 0 Å². The Balaban J connectivity index is 1.99. The van der Waals surface area contributed by atoms with Gasteiger partial charge in [-0.15, -0.1) is 11.8 Å². The molecule has 1 aliphatic heterocycles. The van der Waals surface area contributed by atoms with Crippen molar-refractivity contribution in [3.63, 3.8) is 0 Å². The number of halogens is 1. The minimum atomic E-state index is 0.487. The minimum Gasteiger partial charge on any atom is -0.265 e. The first-order valence-corrected chi connectivity index (χ1v) is 8.56. The molecule has 0 radical (unpaired) electrons. The molecule has 3 nitrogen and oxygen atoms in total. The number of hydrogen-bond acceptors (Lipinski definition) is 3. The number of nitriles is 1. The Morgan fingerprint density at radius 1 is 1.41 bits per heavy atom. The van der Waals surface area contributed by atoms with Gasteiger partial charge in [0.25, 0.3) is 0 Å². The summed E-state index contributed by atoms with van der Waals surface area (Å²) >= 11 is 8.04. The van der Waals surface area contributed by atoms with Crippen LogP contribution in [-0.4, -0.2) is 15.5 Å². The molecule has 0 N–H and O–H groups in total. The SMILES string of the molecule is Cc1nn(CC2=CSCC2)c(C)c1-c1ccc(C#N)c(Cl)c1. The minimum absolute atomic E-state index is 0.487. The Kier molecular flexibility index (Phi) is 4.28. The fraction of sp³-hybridized carbons (Fsp3) is 0.294. The summed E-state index contributed by atoms with van der Waals surface area (Å²) in [4.78, 5) is 0. The lowest BCUT2D eigenvalue weighted by molar-refractivity contribution is 0.642. The van der Waals surface area contributed by atoms with Gasteiger partial charge in [0.2, 0.25) is 0 Å². The number of thioether (sulfide) groups is 1. The number of aromatic nitrogens is 2. The van der Waals surface area contributed by atoms with Crippen molar-refractivity contribution in [2.24, 2.45) is 0 Å². The van der Waals surface area contributed by atoms with Crippen LogP contribution in [0.15, 0.2) is 29.2 Å². The van der Waals surface area contributed by atoms with Crippen LogP contribution >= 0.6 is 23.4 Å². The number of benzene rings is 1. The fourth-order valence-electron chi connectivity index (χ4n) is 2.76. The Labute approximate surface area is 139 Å². The molecular weight excluding hydrogens is 314 g/mol. The van der Waals surface area contributed by atoms with Gasteiger partial charge in [0.15, 0.2) is 0 Å². The van der Waals surface area contributed by atoms with Gasteiger partial charge in [0, 0.05) is 17.0 Å². The number of hydrogen-bond donors (Lipinski definition) is 0. The normalized spacial score (nSPS) is 14.0. The Morgan fingerprint density at radius 2 is 2.23 bits per heavy atom. The summed E-state index contributed by atoms with van der Waals surface area (Å²) in [6.45, 7) is 4.95. The summed E-state index contributed by atoms with van der Waals surface area (Å²) in [5.74, 6) is 1.17. The van der Waals surface area contributed by atoms with E-state index in [0.717, 1.165) is 35.5 Å². The van der Waals surface area contributed by atoms with Crippen LogP contribution in [0.1, 0.15) is 23.4 Å². The van der Waals surface area contributed by atoms with Crippen LogP contribution in [0.3, 0.4) is 0 Å². The molecule has 0 saturated heterocycles. The molecular formula is C17H16ClN3S. The highest BCUT2D eigenvalue weighted by Crippen LogP contribution is 2.31. The molecule has 1 aromatic carbocycles. The molecule has 0 saturated carbocycles. The zero-order valence-corrected chi connectivity index (χ0v) is 14.1. The fourth-order valence-corrected chi connectivity index (χ4v) is 3.91. The van der Waals surface area contributed by atoms with Gasteiger partial charge in [-0.1, -0.05) is 17.7 Å². The van der Waals surface area contributed by atoms with Crippen LogP contribution in [0, 0.1) is 25.2 Å². The molecule has 22 heavy (non-hydrogen) atoms. The second-order valence-electron chi connectivity index (χ2n) is 5.41. The summed E-state index contributed by atoms with van der Waals surface area (Å²) in [5, 5.41) is 16.4. The van der Waals surface area contributed by atoms with Crippen molar-refractivity contribution < 1.29 is 0 Å². The molecule has 3 rings (SSSR count). The largest absolute Gasteiger partial charge is 0.265 e. The predicted molar refractivity (Wildman–Crippen MR) is 92.0 cm³/mol. The maximum atomic E-state index is 8.99. The summed E-state index contributed by atoms with van der Waals surface area (Å²) in [5.41, 5.74) is 6.18. The van der Waals surface area contributed by atoms with E-state index in [1.165, 1.54) is 11.3 Å². The van der Waals surface area contributed by atoms with Gasteiger partial charge in [0.1, 0.15) is 6.07 Å². The lowest BCUT2D eigenvalue weighted by Crippen LogP contribution is -2.04. The van der Waals surface area contributed by atoms with Crippen molar-refractivity contribution in [2.75, 3.05) is 5.75 Å². The van der Waals surface area contributed by atoms with Crippen LogP contribution in [0.25, 0.3) is 11.1 Å². The van der Waals surface area contributed by atoms with Gasteiger partial charge < -0.3 is 0 Å². The van der Waals surface area contributed by atoms with E-state index in [0.29, 0.717) is 10.6 Å². The molecule has 0 spiro atoms. The van der Waals surface area contributed by atoms with E-state index in [9.17, 15) is 0 Å². The molecule has 0 atom stereocenters. The zero-order chi connectivity index (χ0) is 15.7. The molecule has 0 aliphatic carbocycles. The van der Waals surface area contributed by atoms with E-state index in [2.05, 4.69) is 28.2 Å². The number of rotatable bonds is 3. The second kappa shape index (κ2) is 6.20. The van der Waals surface area contributed by atoms with Gasteiger partial charge in [-0.05, 0) is 48.9 Å². The third kappa shape index (κ3) is 2.79. The first kappa shape index (κ1) is 15.2. The topological polar surface area (TPSA) is 41.6 Å². The lowest BCUT2D eigenvalue weighted by Gasteiger charge is -2.07. The molecule has 0 unspecified atom stereocenters. The Bertz CT molecular complexity index is 799. The van der Waals surface area contributed by atoms with Crippen molar-refractivity contribution in [3.8, 4) is 17.2 Å². The lowest BCUT2D eigenvalue weighted by atomic mass is 10.0. The Morgan fingerprint density at radius 3 is 2.86 bits per heavy atom. The number of aryl methyl sites for hydroxylation is 1. The average Bonchev–Trinajstić information content (AvgIpc) is 3.08. The van der Waals surface area contributed by atoms with Gasteiger partial charge in [-0.3, -0.25) is 4.68 Å². The van der Waals surface area contributed by atoms with Crippen molar-refractivity contribution in [1.82, 2.24) is 9.78 Å². The first-order chi connectivity index (χ1) is 10.6. The maximum Gasteiger partial charge on any atom is 0.101 e. The first-order valence-electron chi connectivity index (χ1n) is 7.13. The van der Waals surface area contributed by atoms with Crippen LogP contribution in [0.4, 0.5) is 0 Å². The van der Waals surface area contributed by atoms with Gasteiger partial charge in [-0.2, -0.15) is 10.4 Å². The van der Waals surface area contributed by atoms with Crippen LogP contribution in [0.5, 0.6) is 0 Å². The van der Waals surface area contributed by atoms with Crippen molar-refractivity contribution in [2.45, 2.75) is 26.8 Å². The third-order valence-corrected chi connectivity index (χ3v) is 5.16. The standard InChI is InChI=1S/C17H16ClN3S/c1-11-17(14-3-4-15(8-19)16(18)7-14)12(2)21(20-11)9-13-5-6-22-10-13/h3-4,7,10H,5-6,9H2,1-2H3. The van der Waals surface area contributed by atoms with Gasteiger partial charge in [-0.25, -0.2) is 0 Å². The maximum absolute atomic E-state index is 8.99. The van der Waals surface area contributed by atoms with E-state index in [1.807, 2.05) is 30.8 Å². The van der Waals surface area contributed by atoms with Crippen LogP contribution in [-0.2, 0) is 6.54 Å². The molecule has 0 bridgehead atoms. The highest BCUT2D eigenvalue weighted by molar-refractivity contribution is 8.02. The molecule has 0 fully saturated rings. The van der Waals surface area contributed by atoms with Crippen molar-refractivity contribution >= 4 is 23.4 Å². The van der Waals surface area contributed by atoms with E-state index in [1.54, 1.807) is 6.07 Å². The molecule has 1 aromatic heterocycles. The smallest absolute Gasteiger partial charge is 0.101 e. The average molecular weight is 330 g/mol. The summed E-state index contributed by atoms with van der Waals surface area (Å²) < 4.78 is 2.06. The molecule has 1 aliphatic rings. The molecule has 112 valence electrons. The van der Waals surface area contributed by atoms with Crippen molar-refractivity contribution in [1.29, 1.82) is 5.26 Å². The number of nitrogens with zero attached hydrogens (tertiary/aromatic N) is 3. The van der Waals surface area contributed by atoms with E-state index in [-0.39, 0.29) is 0 Å². The molecule has 2 aromatic rings. The monoisotopic (exact) mass is 329 g/mol. The predicted octanol–water partition coefficient (Wildman–Crippen LogP) is 4.71. The van der Waals surface area contributed by atoms with Crippen LogP contribution in [0.2, 0.25) is 5.02 Å². The zero-order valence-electron chi connectivity index (χ0n) is 12.6. The molecule has 0 amide bonds. The van der Waals surface area contributed by atoms with Crippen molar-refractivity contribution in [3.05, 3.63) is 51.2 Å². The summed E-state index contributed by atoms with van der Waals surface area (Å²) in [7, 11) is 0. The molecule has 5 heteroatoms. The quantitative estimate of drug-likeness (QED) is 0.818. The van der Waals surface area contributed by atoms with E-state index in [4.69, 9.17) is 16.9 Å². The highest BCUT2D eigenvalue weighted by Gasteiger charge is 2.16. The van der Waals surface area contributed by atoms with Gasteiger partial charge in [0.05, 0.1) is 22.8 Å².